The van der Waals surface area contributed by atoms with Gasteiger partial charge in [0.1, 0.15) is 8.07 Å². The van der Waals surface area contributed by atoms with Crippen LogP contribution in [-0.2, 0) is 0 Å². The lowest BCUT2D eigenvalue weighted by molar-refractivity contribution is 0.933. The average molecular weight is 483 g/mol. The van der Waals surface area contributed by atoms with Gasteiger partial charge in [0.25, 0.3) is 0 Å². The second kappa shape index (κ2) is 9.06. The molecule has 0 unspecified atom stereocenters. The lowest BCUT2D eigenvalue weighted by atomic mass is 9.91. The molecule has 0 amide bonds. The molecule has 0 radical (unpaired) electrons. The lowest BCUT2D eigenvalue weighted by Gasteiger charge is -2.41. The van der Waals surface area contributed by atoms with E-state index in [0.29, 0.717) is 11.1 Å². The van der Waals surface area contributed by atoms with Gasteiger partial charge in [-0.2, -0.15) is 0 Å². The van der Waals surface area contributed by atoms with E-state index in [9.17, 15) is 0 Å². The van der Waals surface area contributed by atoms with E-state index in [4.69, 9.17) is 0 Å². The molecule has 3 heteroatoms. The summed E-state index contributed by atoms with van der Waals surface area (Å²) in [4.78, 5) is 2.89. The van der Waals surface area contributed by atoms with E-state index in [1.165, 1.54) is 32.0 Å². The third-order valence-corrected chi connectivity index (χ3v) is 15.5. The Morgan fingerprint density at radius 1 is 0.515 bits per heavy atom. The minimum Gasteiger partial charge on any atom is -0.145 e. The number of benzene rings is 2. The van der Waals surface area contributed by atoms with Gasteiger partial charge in [-0.25, -0.2) is 0 Å². The highest BCUT2D eigenvalue weighted by Crippen LogP contribution is 2.63. The van der Waals surface area contributed by atoms with Gasteiger partial charge in [-0.15, -0.1) is 22.7 Å². The first kappa shape index (κ1) is 22.3. The van der Waals surface area contributed by atoms with Gasteiger partial charge in [-0.3, -0.25) is 0 Å². The molecule has 0 fully saturated rings. The molecule has 0 aliphatic carbocycles. The molecular formula is C30H30S2Si. The van der Waals surface area contributed by atoms with Crippen LogP contribution in [0.3, 0.4) is 0 Å². The maximum atomic E-state index is 2.48. The minimum atomic E-state index is -2.17. The summed E-state index contributed by atoms with van der Waals surface area (Å²) in [7, 11) is -2.17. The van der Waals surface area contributed by atoms with Gasteiger partial charge in [-0.1, -0.05) is 100 Å². The highest BCUT2D eigenvalue weighted by molar-refractivity contribution is 7.24. The summed E-state index contributed by atoms with van der Waals surface area (Å²) in [6.45, 7) is 9.90. The standard InChI is InChI=1S/C30H30S2Si/c1-21(2)33(22(3)4)29(25-17-11-19-31-25)27(23-13-7-5-8-14-23)28(24-15-9-6-10-16-24)30(33)26-18-12-20-32-26/h5-22H,1-4H3. The monoisotopic (exact) mass is 482 g/mol. The van der Waals surface area contributed by atoms with Gasteiger partial charge >= 0.3 is 0 Å². The SMILES string of the molecule is CC(C)[Si]1(C(C)C)C(c2cccs2)=C(c2ccccc2)C(c2ccccc2)=C1c1cccs1. The van der Waals surface area contributed by atoms with Crippen molar-refractivity contribution in [1.82, 2.24) is 0 Å². The fraction of sp³-hybridized carbons (Fsp3) is 0.200. The molecular weight excluding hydrogens is 453 g/mol. The number of rotatable bonds is 6. The number of hydrogen-bond acceptors (Lipinski definition) is 2. The maximum absolute atomic E-state index is 2.48. The van der Waals surface area contributed by atoms with E-state index < -0.39 is 8.07 Å². The smallest absolute Gasteiger partial charge is 0.128 e. The van der Waals surface area contributed by atoms with Gasteiger partial charge < -0.3 is 0 Å². The Morgan fingerprint density at radius 2 is 0.909 bits per heavy atom. The molecule has 2 aromatic heterocycles. The molecule has 2 aromatic carbocycles. The minimum absolute atomic E-state index is 0.576. The van der Waals surface area contributed by atoms with E-state index in [1.54, 1.807) is 10.4 Å². The van der Waals surface area contributed by atoms with E-state index in [0.717, 1.165) is 0 Å². The first-order chi connectivity index (χ1) is 16.1. The molecule has 0 bridgehead atoms. The predicted molar refractivity (Wildman–Crippen MR) is 151 cm³/mol. The zero-order valence-corrected chi connectivity index (χ0v) is 22.3. The van der Waals surface area contributed by atoms with Crippen LogP contribution in [0.25, 0.3) is 21.5 Å². The first-order valence-corrected chi connectivity index (χ1v) is 15.7. The van der Waals surface area contributed by atoms with Gasteiger partial charge in [0.05, 0.1) is 0 Å². The quantitative estimate of drug-likeness (QED) is 0.240. The van der Waals surface area contributed by atoms with Crippen LogP contribution in [0.1, 0.15) is 48.6 Å². The van der Waals surface area contributed by atoms with Crippen LogP contribution in [0.15, 0.2) is 95.7 Å². The molecule has 0 N–H and O–H groups in total. The number of allylic oxidation sites excluding steroid dienone is 2. The summed E-state index contributed by atoms with van der Waals surface area (Å²) in [6.07, 6.45) is 0. The zero-order chi connectivity index (χ0) is 23.0. The summed E-state index contributed by atoms with van der Waals surface area (Å²) in [5.41, 5.74) is 6.75. The van der Waals surface area contributed by atoms with Crippen LogP contribution in [-0.4, -0.2) is 8.07 Å². The lowest BCUT2D eigenvalue weighted by Crippen LogP contribution is -2.43. The summed E-state index contributed by atoms with van der Waals surface area (Å²) in [5, 5.41) is 7.76. The van der Waals surface area contributed by atoms with Gasteiger partial charge in [0.2, 0.25) is 0 Å². The molecule has 0 atom stereocenters. The molecule has 5 rings (SSSR count). The van der Waals surface area contributed by atoms with Gasteiger partial charge in [0.15, 0.2) is 0 Å². The van der Waals surface area contributed by atoms with Crippen molar-refractivity contribution in [3.8, 4) is 0 Å². The highest BCUT2D eigenvalue weighted by Gasteiger charge is 2.54. The Bertz CT molecular complexity index is 1170. The first-order valence-electron chi connectivity index (χ1n) is 11.7. The Morgan fingerprint density at radius 3 is 1.21 bits per heavy atom. The third kappa shape index (κ3) is 3.54. The van der Waals surface area contributed by atoms with Crippen molar-refractivity contribution in [2.45, 2.75) is 38.8 Å². The van der Waals surface area contributed by atoms with Crippen molar-refractivity contribution in [1.29, 1.82) is 0 Å². The van der Waals surface area contributed by atoms with E-state index >= 15 is 0 Å². The molecule has 0 nitrogen and oxygen atoms in total. The zero-order valence-electron chi connectivity index (χ0n) is 19.7. The van der Waals surface area contributed by atoms with Crippen LogP contribution >= 0.6 is 22.7 Å². The Balaban J connectivity index is 2.01. The van der Waals surface area contributed by atoms with Crippen LogP contribution in [0.2, 0.25) is 11.1 Å². The van der Waals surface area contributed by atoms with Crippen molar-refractivity contribution >= 4 is 52.3 Å². The fourth-order valence-corrected chi connectivity index (χ4v) is 14.9. The summed E-state index contributed by atoms with van der Waals surface area (Å²) in [5.74, 6) is 0. The van der Waals surface area contributed by atoms with Gasteiger partial charge in [-0.05, 0) is 66.6 Å². The highest BCUT2D eigenvalue weighted by atomic mass is 32.1. The number of hydrogen-bond donors (Lipinski definition) is 0. The summed E-state index contributed by atoms with van der Waals surface area (Å²) < 4.78 is 0. The molecule has 0 spiro atoms. The van der Waals surface area contributed by atoms with E-state index in [2.05, 4.69) is 123 Å². The molecule has 3 heterocycles. The van der Waals surface area contributed by atoms with Crippen molar-refractivity contribution in [3.63, 3.8) is 0 Å². The van der Waals surface area contributed by atoms with Crippen LogP contribution < -0.4 is 0 Å². The van der Waals surface area contributed by atoms with Crippen molar-refractivity contribution in [3.05, 3.63) is 117 Å². The molecule has 0 saturated carbocycles. The largest absolute Gasteiger partial charge is 0.145 e. The summed E-state index contributed by atoms with van der Waals surface area (Å²) >= 11 is 3.81. The second-order valence-corrected chi connectivity index (χ2v) is 16.3. The molecule has 0 saturated heterocycles. The van der Waals surface area contributed by atoms with Crippen LogP contribution in [0, 0.1) is 0 Å². The van der Waals surface area contributed by atoms with Gasteiger partial charge in [0, 0.05) is 9.75 Å². The predicted octanol–water partition coefficient (Wildman–Crippen LogP) is 9.69. The van der Waals surface area contributed by atoms with Crippen molar-refractivity contribution in [2.24, 2.45) is 0 Å². The molecule has 33 heavy (non-hydrogen) atoms. The normalized spacial score (nSPS) is 15.8. The Kier molecular flexibility index (Phi) is 6.13. The van der Waals surface area contributed by atoms with Crippen LogP contribution in [0.4, 0.5) is 0 Å². The Labute approximate surface area is 207 Å². The average Bonchev–Trinajstić information content (AvgIpc) is 3.58. The van der Waals surface area contributed by atoms with E-state index in [-0.39, 0.29) is 0 Å². The maximum Gasteiger partial charge on any atom is 0.128 e. The molecule has 1 aliphatic rings. The third-order valence-electron chi connectivity index (χ3n) is 7.06. The molecule has 4 aromatic rings. The Hall–Kier alpha value is -2.46. The fourth-order valence-electron chi connectivity index (χ4n) is 5.89. The topological polar surface area (TPSA) is 0 Å². The second-order valence-electron chi connectivity index (χ2n) is 9.37. The summed E-state index contributed by atoms with van der Waals surface area (Å²) in [6, 6.07) is 31.4. The molecule has 166 valence electrons. The van der Waals surface area contributed by atoms with Crippen molar-refractivity contribution in [2.75, 3.05) is 0 Å². The number of thiophene rings is 2. The van der Waals surface area contributed by atoms with Crippen molar-refractivity contribution < 1.29 is 0 Å². The van der Waals surface area contributed by atoms with E-state index in [1.807, 2.05) is 22.7 Å². The van der Waals surface area contributed by atoms with Crippen LogP contribution in [0.5, 0.6) is 0 Å². The molecule has 1 aliphatic heterocycles.